The number of rotatable bonds is 5. The van der Waals surface area contributed by atoms with Gasteiger partial charge in [0, 0.05) is 42.6 Å². The van der Waals surface area contributed by atoms with Crippen LogP contribution in [0.5, 0.6) is 0 Å². The molecule has 7 rings (SSSR count). The van der Waals surface area contributed by atoms with Crippen LogP contribution in [-0.4, -0.2) is 63.8 Å². The third-order valence-electron chi connectivity index (χ3n) is 8.30. The number of halogens is 2. The second kappa shape index (κ2) is 11.7. The first kappa shape index (κ1) is 28.5. The Morgan fingerprint density at radius 2 is 1.73 bits per heavy atom. The number of amides is 1. The Kier molecular flexibility index (Phi) is 7.42. The molecule has 10 nitrogen and oxygen atoms in total. The molecule has 0 aliphatic carbocycles. The molecule has 3 N–H and O–H groups in total. The van der Waals surface area contributed by atoms with Gasteiger partial charge in [-0.3, -0.25) is 9.59 Å². The zero-order valence-electron chi connectivity index (χ0n) is 24.2. The third-order valence-corrected chi connectivity index (χ3v) is 8.30. The average Bonchev–Trinajstić information content (AvgIpc) is 3.07. The second-order valence-corrected chi connectivity index (χ2v) is 11.1. The van der Waals surface area contributed by atoms with Crippen molar-refractivity contribution in [3.63, 3.8) is 0 Å². The summed E-state index contributed by atoms with van der Waals surface area (Å²) in [5.41, 5.74) is 8.89. The van der Waals surface area contributed by atoms with E-state index in [-0.39, 0.29) is 23.4 Å². The van der Waals surface area contributed by atoms with E-state index in [1.165, 1.54) is 18.2 Å². The van der Waals surface area contributed by atoms with Gasteiger partial charge in [0.1, 0.15) is 17.5 Å². The molecule has 0 bridgehead atoms. The first-order valence-electron chi connectivity index (χ1n) is 14.7. The number of carbonyl (C=O) groups excluding carboxylic acids is 1. The van der Waals surface area contributed by atoms with Crippen molar-refractivity contribution in [3.8, 4) is 11.4 Å². The molecule has 0 spiro atoms. The van der Waals surface area contributed by atoms with Gasteiger partial charge in [-0.25, -0.2) is 23.8 Å². The summed E-state index contributed by atoms with van der Waals surface area (Å²) in [6.07, 6.45) is 0.773. The van der Waals surface area contributed by atoms with Gasteiger partial charge in [0.05, 0.1) is 47.8 Å². The van der Waals surface area contributed by atoms with Crippen LogP contribution in [0.1, 0.15) is 32.9 Å². The summed E-state index contributed by atoms with van der Waals surface area (Å²) in [6, 6.07) is 15.9. The first-order chi connectivity index (χ1) is 21.9. The standard InChI is InChI=1S/C33H29F2N7O3/c34-25-7-5-19(16-28-21-3-1-2-4-22(21)32(43)40-39-28)15-24(25)33(44)42-10-9-23-29(18-42)37-30(20-6-8-26(35)27(36)17-20)38-31(23)41-11-13-45-14-12-41/h1-8,15,17H,9-14,16,18,36H2,(H,40,43). The maximum atomic E-state index is 15.2. The van der Waals surface area contributed by atoms with Crippen LogP contribution < -0.4 is 16.2 Å². The molecule has 2 aromatic heterocycles. The fourth-order valence-electron chi connectivity index (χ4n) is 5.95. The molecule has 4 heterocycles. The zero-order chi connectivity index (χ0) is 31.1. The number of nitrogen functional groups attached to an aromatic ring is 1. The third kappa shape index (κ3) is 5.48. The summed E-state index contributed by atoms with van der Waals surface area (Å²) in [5.74, 6) is -0.505. The molecule has 5 aromatic rings. The maximum absolute atomic E-state index is 15.2. The summed E-state index contributed by atoms with van der Waals surface area (Å²) in [4.78, 5) is 39.4. The van der Waals surface area contributed by atoms with Crippen molar-refractivity contribution in [1.82, 2.24) is 25.1 Å². The number of benzene rings is 3. The van der Waals surface area contributed by atoms with E-state index in [0.29, 0.717) is 84.8 Å². The first-order valence-corrected chi connectivity index (χ1v) is 14.7. The van der Waals surface area contributed by atoms with E-state index >= 15 is 4.39 Å². The normalized spacial score (nSPS) is 14.9. The lowest BCUT2D eigenvalue weighted by Gasteiger charge is -2.34. The molecule has 2 aliphatic rings. The lowest BCUT2D eigenvalue weighted by atomic mass is 10.00. The number of hydrogen-bond acceptors (Lipinski definition) is 8. The predicted octanol–water partition coefficient (Wildman–Crippen LogP) is 3.87. The quantitative estimate of drug-likeness (QED) is 0.288. The van der Waals surface area contributed by atoms with Gasteiger partial charge in [0.25, 0.3) is 11.5 Å². The van der Waals surface area contributed by atoms with Crippen molar-refractivity contribution in [2.24, 2.45) is 0 Å². The summed E-state index contributed by atoms with van der Waals surface area (Å²) in [6.45, 7) is 2.91. The van der Waals surface area contributed by atoms with Crippen LogP contribution in [-0.2, 0) is 24.1 Å². The highest BCUT2D eigenvalue weighted by Gasteiger charge is 2.30. The van der Waals surface area contributed by atoms with Gasteiger partial charge in [-0.2, -0.15) is 5.10 Å². The molecular formula is C33H29F2N7O3. The van der Waals surface area contributed by atoms with E-state index in [4.69, 9.17) is 20.4 Å². The Labute approximate surface area is 256 Å². The molecule has 1 saturated heterocycles. The summed E-state index contributed by atoms with van der Waals surface area (Å²) in [5, 5.41) is 7.95. The molecule has 0 radical (unpaired) electrons. The van der Waals surface area contributed by atoms with E-state index in [1.807, 2.05) is 12.1 Å². The summed E-state index contributed by atoms with van der Waals surface area (Å²) >= 11 is 0. The molecule has 2 aliphatic heterocycles. The number of nitrogens with zero attached hydrogens (tertiary/aromatic N) is 5. The number of hydrogen-bond donors (Lipinski definition) is 2. The minimum Gasteiger partial charge on any atom is -0.396 e. The van der Waals surface area contributed by atoms with Crippen molar-refractivity contribution in [2.45, 2.75) is 19.4 Å². The zero-order valence-corrected chi connectivity index (χ0v) is 24.2. The van der Waals surface area contributed by atoms with Crippen molar-refractivity contribution in [2.75, 3.05) is 43.5 Å². The Morgan fingerprint density at radius 1 is 0.956 bits per heavy atom. The molecule has 45 heavy (non-hydrogen) atoms. The molecule has 12 heteroatoms. The van der Waals surface area contributed by atoms with Crippen LogP contribution >= 0.6 is 0 Å². The van der Waals surface area contributed by atoms with Crippen molar-refractivity contribution in [1.29, 1.82) is 0 Å². The molecule has 0 unspecified atom stereocenters. The van der Waals surface area contributed by atoms with Gasteiger partial charge < -0.3 is 20.3 Å². The van der Waals surface area contributed by atoms with E-state index < -0.39 is 17.5 Å². The number of fused-ring (bicyclic) bond motifs is 2. The second-order valence-electron chi connectivity index (χ2n) is 11.1. The van der Waals surface area contributed by atoms with Crippen LogP contribution in [0.3, 0.4) is 0 Å². The highest BCUT2D eigenvalue weighted by Crippen LogP contribution is 2.32. The number of nitrogens with one attached hydrogen (secondary N) is 1. The van der Waals surface area contributed by atoms with Gasteiger partial charge >= 0.3 is 0 Å². The lowest BCUT2D eigenvalue weighted by Crippen LogP contribution is -2.41. The Hall–Kier alpha value is -5.23. The Bertz CT molecular complexity index is 2010. The summed E-state index contributed by atoms with van der Waals surface area (Å²) < 4.78 is 34.7. The van der Waals surface area contributed by atoms with Gasteiger partial charge in [-0.1, -0.05) is 24.3 Å². The van der Waals surface area contributed by atoms with Crippen LogP contribution in [0.4, 0.5) is 20.3 Å². The SMILES string of the molecule is Nc1cc(-c2nc3c(c(N4CCOCC4)n2)CCN(C(=O)c2cc(Cc4n[nH]c(=O)c5ccccc45)ccc2F)C3)ccc1F. The van der Waals surface area contributed by atoms with Gasteiger partial charge in [-0.15, -0.1) is 0 Å². The topological polar surface area (TPSA) is 130 Å². The molecule has 228 valence electrons. The number of carbonyl (C=O) groups is 1. The van der Waals surface area contributed by atoms with Crippen LogP contribution in [0.2, 0.25) is 0 Å². The maximum Gasteiger partial charge on any atom is 0.272 e. The Morgan fingerprint density at radius 3 is 2.53 bits per heavy atom. The van der Waals surface area contributed by atoms with Crippen LogP contribution in [0.25, 0.3) is 22.2 Å². The van der Waals surface area contributed by atoms with Gasteiger partial charge in [0.15, 0.2) is 5.82 Å². The fourth-order valence-corrected chi connectivity index (χ4v) is 5.95. The predicted molar refractivity (Wildman–Crippen MR) is 165 cm³/mol. The highest BCUT2D eigenvalue weighted by molar-refractivity contribution is 5.95. The molecule has 1 fully saturated rings. The number of aromatic nitrogens is 4. The molecule has 1 amide bonds. The largest absolute Gasteiger partial charge is 0.396 e. The van der Waals surface area contributed by atoms with E-state index in [9.17, 15) is 14.0 Å². The van der Waals surface area contributed by atoms with Crippen molar-refractivity contribution in [3.05, 3.63) is 111 Å². The number of aromatic amines is 1. The molecule has 0 atom stereocenters. The van der Waals surface area contributed by atoms with Crippen molar-refractivity contribution < 1.29 is 18.3 Å². The van der Waals surface area contributed by atoms with Crippen LogP contribution in [0.15, 0.2) is 65.5 Å². The number of ether oxygens (including phenoxy) is 1. The van der Waals surface area contributed by atoms with Crippen molar-refractivity contribution >= 4 is 28.2 Å². The van der Waals surface area contributed by atoms with Gasteiger partial charge in [-0.05, 0) is 48.4 Å². The van der Waals surface area contributed by atoms with E-state index in [2.05, 4.69) is 15.1 Å². The van der Waals surface area contributed by atoms with Crippen LogP contribution in [0, 0.1) is 11.6 Å². The lowest BCUT2D eigenvalue weighted by molar-refractivity contribution is 0.0726. The Balaban J connectivity index is 1.20. The average molecular weight is 610 g/mol. The minimum atomic E-state index is -0.631. The number of anilines is 2. The highest BCUT2D eigenvalue weighted by atomic mass is 19.1. The molecule has 3 aromatic carbocycles. The fraction of sp³-hybridized carbons (Fsp3) is 0.242. The number of nitrogens with two attached hydrogens (primary N) is 1. The molecular weight excluding hydrogens is 580 g/mol. The smallest absolute Gasteiger partial charge is 0.272 e. The van der Waals surface area contributed by atoms with E-state index in [1.54, 1.807) is 35.2 Å². The van der Waals surface area contributed by atoms with Gasteiger partial charge in [0.2, 0.25) is 0 Å². The minimum absolute atomic E-state index is 0.0148. The van der Waals surface area contributed by atoms with E-state index in [0.717, 1.165) is 11.4 Å². The number of morpholine rings is 1. The summed E-state index contributed by atoms with van der Waals surface area (Å²) in [7, 11) is 0. The molecule has 0 saturated carbocycles. The number of H-pyrrole nitrogens is 1. The monoisotopic (exact) mass is 609 g/mol.